The van der Waals surface area contributed by atoms with E-state index in [4.69, 9.17) is 0 Å². The fourth-order valence-electron chi connectivity index (χ4n) is 5.49. The van der Waals surface area contributed by atoms with Crippen molar-refractivity contribution in [2.24, 2.45) is 0 Å². The van der Waals surface area contributed by atoms with Crippen molar-refractivity contribution < 1.29 is 26.3 Å². The summed E-state index contributed by atoms with van der Waals surface area (Å²) in [6, 6.07) is 17.2. The zero-order chi connectivity index (χ0) is 19.6. The van der Waals surface area contributed by atoms with E-state index in [-0.39, 0.29) is 23.0 Å². The molecular weight excluding hydrogens is 424 g/mol. The van der Waals surface area contributed by atoms with Crippen molar-refractivity contribution in [1.29, 1.82) is 0 Å². The summed E-state index contributed by atoms with van der Waals surface area (Å²) >= 11 is 0. The first kappa shape index (κ1) is 22.0. The standard InChI is InChI=1S/C25H33N2O.BrH/c1-20-11-9-12-21(2)24(20)26-16-10-15-23(25(26)28)27(17-7-4-8-18-27)19-22-13-5-3-6-14-22;/h3,5-6,9,11-14,23H,4,7-8,10,15-19H2,1-2H3;1H/q+1;/p-1. The van der Waals surface area contributed by atoms with Crippen LogP contribution in [0.3, 0.4) is 0 Å². The minimum absolute atomic E-state index is 0. The number of carbonyl (C=O) groups excluding carboxylic acids is 1. The molecule has 0 bridgehead atoms. The van der Waals surface area contributed by atoms with Crippen LogP contribution in [-0.2, 0) is 11.3 Å². The van der Waals surface area contributed by atoms with E-state index < -0.39 is 0 Å². The fourth-order valence-corrected chi connectivity index (χ4v) is 5.49. The molecule has 2 aliphatic heterocycles. The predicted octanol–water partition coefficient (Wildman–Crippen LogP) is 2.00. The molecule has 2 saturated heterocycles. The van der Waals surface area contributed by atoms with Crippen LogP contribution in [-0.4, -0.2) is 36.1 Å². The third-order valence-electron chi connectivity index (χ3n) is 6.83. The maximum atomic E-state index is 13.8. The number of piperidine rings is 2. The zero-order valence-corrected chi connectivity index (χ0v) is 19.3. The number of hydrogen-bond donors (Lipinski definition) is 0. The summed E-state index contributed by atoms with van der Waals surface area (Å²) in [5, 5.41) is 0. The van der Waals surface area contributed by atoms with Crippen LogP contribution in [0.4, 0.5) is 5.69 Å². The van der Waals surface area contributed by atoms with Crippen LogP contribution < -0.4 is 21.9 Å². The number of quaternary nitrogens is 1. The number of para-hydroxylation sites is 1. The summed E-state index contributed by atoms with van der Waals surface area (Å²) in [7, 11) is 0. The Morgan fingerprint density at radius 1 is 0.897 bits per heavy atom. The molecule has 1 atom stereocenters. The quantitative estimate of drug-likeness (QED) is 0.644. The van der Waals surface area contributed by atoms with Crippen molar-refractivity contribution in [1.82, 2.24) is 0 Å². The van der Waals surface area contributed by atoms with Crippen LogP contribution in [0.5, 0.6) is 0 Å². The minimum Gasteiger partial charge on any atom is -1.00 e. The Morgan fingerprint density at radius 2 is 1.55 bits per heavy atom. The van der Waals surface area contributed by atoms with Gasteiger partial charge in [-0.15, -0.1) is 0 Å². The SMILES string of the molecule is Cc1cccc(C)c1N1CCCC([N+]2(Cc3ccccc3)CCCCC2)C1=O.[Br-]. The molecule has 0 aliphatic carbocycles. The average molecular weight is 457 g/mol. The highest BCUT2D eigenvalue weighted by Crippen LogP contribution is 2.35. The van der Waals surface area contributed by atoms with Crippen molar-refractivity contribution in [3.63, 3.8) is 0 Å². The second-order valence-corrected chi connectivity index (χ2v) is 8.76. The molecule has 2 heterocycles. The molecule has 0 aromatic heterocycles. The summed E-state index contributed by atoms with van der Waals surface area (Å²) in [6.45, 7) is 8.37. The van der Waals surface area contributed by atoms with Gasteiger partial charge in [0.1, 0.15) is 6.54 Å². The highest BCUT2D eigenvalue weighted by atomic mass is 79.9. The van der Waals surface area contributed by atoms with Crippen molar-refractivity contribution in [2.45, 2.75) is 58.5 Å². The molecular formula is C25H33BrN2O. The zero-order valence-electron chi connectivity index (χ0n) is 17.7. The van der Waals surface area contributed by atoms with E-state index >= 15 is 0 Å². The Kier molecular flexibility index (Phi) is 7.18. The van der Waals surface area contributed by atoms with Gasteiger partial charge in [-0.05, 0) is 50.7 Å². The lowest BCUT2D eigenvalue weighted by molar-refractivity contribution is -0.959. The second-order valence-electron chi connectivity index (χ2n) is 8.76. The number of likely N-dealkylation sites (tertiary alicyclic amines) is 1. The molecule has 1 unspecified atom stereocenters. The van der Waals surface area contributed by atoms with Gasteiger partial charge in [0.15, 0.2) is 6.04 Å². The minimum atomic E-state index is 0. The first-order valence-corrected chi connectivity index (χ1v) is 10.9. The summed E-state index contributed by atoms with van der Waals surface area (Å²) in [4.78, 5) is 15.9. The molecule has 2 fully saturated rings. The van der Waals surface area contributed by atoms with Crippen LogP contribution >= 0.6 is 0 Å². The number of aryl methyl sites for hydroxylation is 2. The molecule has 29 heavy (non-hydrogen) atoms. The number of carbonyl (C=O) groups is 1. The average Bonchev–Trinajstić information content (AvgIpc) is 2.70. The van der Waals surface area contributed by atoms with Crippen LogP contribution in [0.25, 0.3) is 0 Å². The van der Waals surface area contributed by atoms with Crippen LogP contribution in [0.1, 0.15) is 48.8 Å². The van der Waals surface area contributed by atoms with Gasteiger partial charge in [0.05, 0.1) is 13.1 Å². The van der Waals surface area contributed by atoms with Crippen LogP contribution in [0.2, 0.25) is 0 Å². The largest absolute Gasteiger partial charge is 1.00 e. The summed E-state index contributed by atoms with van der Waals surface area (Å²) in [5.41, 5.74) is 4.93. The van der Waals surface area contributed by atoms with Gasteiger partial charge in [-0.1, -0.05) is 48.5 Å². The normalized spacial score (nSPS) is 21.5. The Labute approximate surface area is 186 Å². The lowest BCUT2D eigenvalue weighted by atomic mass is 9.93. The third kappa shape index (κ3) is 4.44. The van der Waals surface area contributed by atoms with E-state index in [1.54, 1.807) is 0 Å². The lowest BCUT2D eigenvalue weighted by Gasteiger charge is -2.49. The highest BCUT2D eigenvalue weighted by Gasteiger charge is 2.46. The number of anilines is 1. The molecule has 0 N–H and O–H groups in total. The molecule has 2 aliphatic rings. The topological polar surface area (TPSA) is 20.3 Å². The molecule has 4 heteroatoms. The maximum Gasteiger partial charge on any atom is 0.285 e. The second kappa shape index (κ2) is 9.44. The number of amides is 1. The fraction of sp³-hybridized carbons (Fsp3) is 0.480. The molecule has 156 valence electrons. The van der Waals surface area contributed by atoms with Gasteiger partial charge >= 0.3 is 0 Å². The Morgan fingerprint density at radius 3 is 2.21 bits per heavy atom. The Bertz CT molecular complexity index is 810. The van der Waals surface area contributed by atoms with E-state index in [1.807, 2.05) is 0 Å². The van der Waals surface area contributed by atoms with Gasteiger partial charge in [-0.25, -0.2) is 0 Å². The molecule has 0 spiro atoms. The third-order valence-corrected chi connectivity index (χ3v) is 6.83. The van der Waals surface area contributed by atoms with Crippen molar-refractivity contribution in [2.75, 3.05) is 24.5 Å². The van der Waals surface area contributed by atoms with Crippen molar-refractivity contribution >= 4 is 11.6 Å². The predicted molar refractivity (Wildman–Crippen MR) is 115 cm³/mol. The smallest absolute Gasteiger partial charge is 0.285 e. The number of halogens is 1. The van der Waals surface area contributed by atoms with E-state index in [0.717, 1.165) is 49.2 Å². The summed E-state index contributed by atoms with van der Waals surface area (Å²) in [5.74, 6) is 0.349. The number of hydrogen-bond acceptors (Lipinski definition) is 1. The summed E-state index contributed by atoms with van der Waals surface area (Å²) in [6.07, 6.45) is 5.89. The first-order chi connectivity index (χ1) is 13.6. The van der Waals surface area contributed by atoms with E-state index in [1.165, 1.54) is 36.0 Å². The van der Waals surface area contributed by atoms with Gasteiger partial charge in [0.25, 0.3) is 5.91 Å². The van der Waals surface area contributed by atoms with E-state index in [0.29, 0.717) is 5.91 Å². The maximum absolute atomic E-state index is 13.8. The summed E-state index contributed by atoms with van der Waals surface area (Å²) < 4.78 is 0.949. The van der Waals surface area contributed by atoms with Gasteiger partial charge in [0, 0.05) is 24.2 Å². The van der Waals surface area contributed by atoms with Gasteiger partial charge in [0.2, 0.25) is 0 Å². The van der Waals surface area contributed by atoms with Crippen molar-refractivity contribution in [3.05, 3.63) is 65.2 Å². The van der Waals surface area contributed by atoms with Crippen LogP contribution in [0.15, 0.2) is 48.5 Å². The molecule has 0 saturated carbocycles. The number of nitrogens with zero attached hydrogens (tertiary/aromatic N) is 2. The number of benzene rings is 2. The molecule has 4 rings (SSSR count). The van der Waals surface area contributed by atoms with Crippen LogP contribution in [0, 0.1) is 13.8 Å². The van der Waals surface area contributed by atoms with E-state index in [2.05, 4.69) is 67.3 Å². The lowest BCUT2D eigenvalue weighted by Crippen LogP contribution is -3.00. The molecule has 0 radical (unpaired) electrons. The Hall–Kier alpha value is -1.65. The Balaban J connectivity index is 0.00000240. The highest BCUT2D eigenvalue weighted by molar-refractivity contribution is 5.98. The molecule has 3 nitrogen and oxygen atoms in total. The molecule has 1 amide bonds. The van der Waals surface area contributed by atoms with Gasteiger partial charge in [-0.3, -0.25) is 4.79 Å². The van der Waals surface area contributed by atoms with Gasteiger partial charge < -0.3 is 26.4 Å². The molecule has 2 aromatic rings. The van der Waals surface area contributed by atoms with Crippen molar-refractivity contribution in [3.8, 4) is 0 Å². The molecule has 2 aromatic carbocycles. The first-order valence-electron chi connectivity index (χ1n) is 10.9. The van der Waals surface area contributed by atoms with E-state index in [9.17, 15) is 4.79 Å². The number of rotatable bonds is 4. The van der Waals surface area contributed by atoms with Gasteiger partial charge in [-0.2, -0.15) is 0 Å². The monoisotopic (exact) mass is 456 g/mol.